The van der Waals surface area contributed by atoms with Gasteiger partial charge in [-0.05, 0) is 48.8 Å². The molecule has 1 aliphatic heterocycles. The van der Waals surface area contributed by atoms with Crippen LogP contribution in [0.1, 0.15) is 44.2 Å². The standard InChI is InChI=1S/C28H33FO5/c1-4-5-11-32-26-14-21(23(29)15-25(26)31-3)12-19(2)28-17-22(13-20-9-7-6-8-10-20)24(30)16-27(28)33-18-34-28/h6-10,14-16,19,22H,4-5,11-13,17-18H2,1-3H3/t19-,22+,28+/m0/s1. The van der Waals surface area contributed by atoms with Gasteiger partial charge in [0, 0.05) is 18.1 Å². The Morgan fingerprint density at radius 2 is 2.00 bits per heavy atom. The number of rotatable bonds is 10. The van der Waals surface area contributed by atoms with E-state index in [4.69, 9.17) is 18.9 Å². The van der Waals surface area contributed by atoms with Gasteiger partial charge in [-0.2, -0.15) is 0 Å². The summed E-state index contributed by atoms with van der Waals surface area (Å²) < 4.78 is 38.1. The lowest BCUT2D eigenvalue weighted by atomic mass is 9.71. The zero-order chi connectivity index (χ0) is 24.1. The first-order chi connectivity index (χ1) is 16.5. The number of benzene rings is 2. The van der Waals surface area contributed by atoms with E-state index in [1.165, 1.54) is 13.2 Å². The summed E-state index contributed by atoms with van der Waals surface area (Å²) >= 11 is 0. The van der Waals surface area contributed by atoms with E-state index in [2.05, 4.69) is 6.92 Å². The highest BCUT2D eigenvalue weighted by Crippen LogP contribution is 2.46. The van der Waals surface area contributed by atoms with Gasteiger partial charge in [0.1, 0.15) is 17.2 Å². The van der Waals surface area contributed by atoms with Crippen LogP contribution in [-0.2, 0) is 27.1 Å². The molecule has 5 nitrogen and oxygen atoms in total. The van der Waals surface area contributed by atoms with Gasteiger partial charge < -0.3 is 18.9 Å². The van der Waals surface area contributed by atoms with Gasteiger partial charge in [0.15, 0.2) is 24.1 Å². The number of unbranched alkanes of at least 4 members (excludes halogenated alkanes) is 1. The molecule has 0 aromatic heterocycles. The molecule has 6 heteroatoms. The van der Waals surface area contributed by atoms with E-state index in [9.17, 15) is 4.79 Å². The molecule has 1 heterocycles. The second-order valence-corrected chi connectivity index (χ2v) is 9.20. The van der Waals surface area contributed by atoms with Gasteiger partial charge in [-0.3, -0.25) is 4.79 Å². The maximum Gasteiger partial charge on any atom is 0.189 e. The highest BCUT2D eigenvalue weighted by molar-refractivity contribution is 5.94. The van der Waals surface area contributed by atoms with Crippen LogP contribution in [0.4, 0.5) is 4.39 Å². The maximum absolute atomic E-state index is 15.0. The lowest BCUT2D eigenvalue weighted by Gasteiger charge is -2.38. The van der Waals surface area contributed by atoms with Gasteiger partial charge >= 0.3 is 0 Å². The predicted molar refractivity (Wildman–Crippen MR) is 127 cm³/mol. The molecule has 34 heavy (non-hydrogen) atoms. The number of allylic oxidation sites excluding steroid dienone is 1. The van der Waals surface area contributed by atoms with Crippen molar-refractivity contribution in [3.8, 4) is 11.5 Å². The third-order valence-electron chi connectivity index (χ3n) is 6.91. The van der Waals surface area contributed by atoms with Crippen molar-refractivity contribution in [1.82, 2.24) is 0 Å². The lowest BCUT2D eigenvalue weighted by Crippen LogP contribution is -2.45. The molecule has 4 rings (SSSR count). The molecule has 1 aliphatic carbocycles. The highest BCUT2D eigenvalue weighted by Gasteiger charge is 2.52. The summed E-state index contributed by atoms with van der Waals surface area (Å²) in [6, 6.07) is 13.1. The number of carbonyl (C=O) groups excluding carboxylic acids is 1. The molecule has 0 saturated carbocycles. The molecule has 2 aliphatic rings. The van der Waals surface area contributed by atoms with Crippen molar-refractivity contribution in [3.05, 3.63) is 71.2 Å². The van der Waals surface area contributed by atoms with E-state index in [0.29, 0.717) is 48.7 Å². The SMILES string of the molecule is CCCCOc1cc(C[C@H](C)[C@]23C[C@@H](Cc4ccccc4)C(=O)C=C2OCO3)c(F)cc1OC. The van der Waals surface area contributed by atoms with E-state index >= 15 is 4.39 Å². The van der Waals surface area contributed by atoms with Crippen LogP contribution in [0.25, 0.3) is 0 Å². The fourth-order valence-corrected chi connectivity index (χ4v) is 4.91. The van der Waals surface area contributed by atoms with Gasteiger partial charge in [-0.15, -0.1) is 0 Å². The number of ether oxygens (including phenoxy) is 4. The fraction of sp³-hybridized carbons (Fsp3) is 0.464. The first kappa shape index (κ1) is 24.3. The second kappa shape index (κ2) is 10.6. The highest BCUT2D eigenvalue weighted by atomic mass is 19.1. The van der Waals surface area contributed by atoms with E-state index < -0.39 is 5.60 Å². The Balaban J connectivity index is 1.57. The minimum atomic E-state index is -0.761. The minimum Gasteiger partial charge on any atom is -0.493 e. The maximum atomic E-state index is 15.0. The Kier molecular flexibility index (Phi) is 7.57. The smallest absolute Gasteiger partial charge is 0.189 e. The van der Waals surface area contributed by atoms with Crippen molar-refractivity contribution in [2.75, 3.05) is 20.5 Å². The number of halogens is 1. The molecule has 0 radical (unpaired) electrons. The van der Waals surface area contributed by atoms with Crippen molar-refractivity contribution in [2.24, 2.45) is 11.8 Å². The Labute approximate surface area is 200 Å². The minimum absolute atomic E-state index is 0.0504. The molecule has 0 N–H and O–H groups in total. The Morgan fingerprint density at radius 1 is 1.21 bits per heavy atom. The van der Waals surface area contributed by atoms with Crippen LogP contribution in [0.15, 0.2) is 54.3 Å². The van der Waals surface area contributed by atoms with Crippen molar-refractivity contribution in [1.29, 1.82) is 0 Å². The quantitative estimate of drug-likeness (QED) is 0.422. The lowest BCUT2D eigenvalue weighted by molar-refractivity contribution is -0.123. The molecule has 182 valence electrons. The number of hydrogen-bond donors (Lipinski definition) is 0. The van der Waals surface area contributed by atoms with Crippen molar-refractivity contribution < 1.29 is 28.1 Å². The summed E-state index contributed by atoms with van der Waals surface area (Å²) in [6.07, 6.45) is 5.05. The molecule has 0 amide bonds. The molecular formula is C28H33FO5. The summed E-state index contributed by atoms with van der Waals surface area (Å²) in [6.45, 7) is 4.76. The van der Waals surface area contributed by atoms with Gasteiger partial charge in [0.05, 0.1) is 13.7 Å². The van der Waals surface area contributed by atoms with Crippen LogP contribution >= 0.6 is 0 Å². The Morgan fingerprint density at radius 3 is 2.74 bits per heavy atom. The second-order valence-electron chi connectivity index (χ2n) is 9.20. The van der Waals surface area contributed by atoms with Gasteiger partial charge in [0.2, 0.25) is 0 Å². The molecule has 0 unspecified atom stereocenters. The summed E-state index contributed by atoms with van der Waals surface area (Å²) in [5.74, 6) is 0.840. The molecular weight excluding hydrogens is 435 g/mol. The Bertz CT molecular complexity index is 1030. The summed E-state index contributed by atoms with van der Waals surface area (Å²) in [5, 5.41) is 0. The molecule has 1 saturated heterocycles. The predicted octanol–water partition coefficient (Wildman–Crippen LogP) is 5.65. The van der Waals surface area contributed by atoms with Crippen LogP contribution in [0, 0.1) is 17.7 Å². The summed E-state index contributed by atoms with van der Waals surface area (Å²) in [5.41, 5.74) is 0.873. The number of carbonyl (C=O) groups is 1. The molecule has 1 fully saturated rings. The van der Waals surface area contributed by atoms with Gasteiger partial charge in [-0.25, -0.2) is 4.39 Å². The van der Waals surface area contributed by atoms with Crippen LogP contribution in [0.5, 0.6) is 11.5 Å². The van der Waals surface area contributed by atoms with Crippen LogP contribution < -0.4 is 9.47 Å². The van der Waals surface area contributed by atoms with Crippen molar-refractivity contribution in [2.45, 2.75) is 51.6 Å². The number of hydrogen-bond acceptors (Lipinski definition) is 5. The van der Waals surface area contributed by atoms with E-state index in [-0.39, 0.29) is 30.2 Å². The first-order valence-corrected chi connectivity index (χ1v) is 12.0. The third kappa shape index (κ3) is 4.97. The largest absolute Gasteiger partial charge is 0.493 e. The summed E-state index contributed by atoms with van der Waals surface area (Å²) in [7, 11) is 1.51. The molecule has 2 aromatic carbocycles. The van der Waals surface area contributed by atoms with E-state index in [1.54, 1.807) is 12.1 Å². The Hall–Kier alpha value is -2.86. The van der Waals surface area contributed by atoms with Crippen LogP contribution in [0.3, 0.4) is 0 Å². The first-order valence-electron chi connectivity index (χ1n) is 12.0. The summed E-state index contributed by atoms with van der Waals surface area (Å²) in [4.78, 5) is 12.9. The van der Waals surface area contributed by atoms with Crippen molar-refractivity contribution in [3.63, 3.8) is 0 Å². The zero-order valence-electron chi connectivity index (χ0n) is 20.1. The number of methoxy groups -OCH3 is 1. The van der Waals surface area contributed by atoms with Gasteiger partial charge in [-0.1, -0.05) is 50.6 Å². The molecule has 3 atom stereocenters. The van der Waals surface area contributed by atoms with E-state index in [1.807, 2.05) is 37.3 Å². The van der Waals surface area contributed by atoms with Crippen molar-refractivity contribution >= 4 is 5.78 Å². The fourth-order valence-electron chi connectivity index (χ4n) is 4.91. The monoisotopic (exact) mass is 468 g/mol. The van der Waals surface area contributed by atoms with Crippen LogP contribution in [0.2, 0.25) is 0 Å². The van der Waals surface area contributed by atoms with Gasteiger partial charge in [0.25, 0.3) is 0 Å². The normalized spacial score (nSPS) is 22.5. The third-order valence-corrected chi connectivity index (χ3v) is 6.91. The number of fused-ring (bicyclic) bond motifs is 1. The molecule has 0 spiro atoms. The zero-order valence-corrected chi connectivity index (χ0v) is 20.1. The average Bonchev–Trinajstić information content (AvgIpc) is 3.25. The topological polar surface area (TPSA) is 54.0 Å². The van der Waals surface area contributed by atoms with E-state index in [0.717, 1.165) is 18.4 Å². The molecule has 2 aromatic rings. The molecule has 0 bridgehead atoms. The number of ketones is 1. The van der Waals surface area contributed by atoms with Crippen LogP contribution in [-0.4, -0.2) is 31.9 Å². The average molecular weight is 469 g/mol.